The lowest BCUT2D eigenvalue weighted by Gasteiger charge is -2.28. The first kappa shape index (κ1) is 15.8. The Balaban J connectivity index is 2.43. The number of hydrogen-bond acceptors (Lipinski definition) is 2. The summed E-state index contributed by atoms with van der Waals surface area (Å²) in [7, 11) is 0. The molecule has 0 aromatic carbocycles. The Morgan fingerprint density at radius 3 is 2.63 bits per heavy atom. The van der Waals surface area contributed by atoms with Gasteiger partial charge in [0.2, 0.25) is 0 Å². The van der Waals surface area contributed by atoms with Crippen LogP contribution < -0.4 is 5.32 Å². The average Bonchev–Trinajstić information content (AvgIpc) is 2.82. The number of rotatable bonds is 6. The van der Waals surface area contributed by atoms with E-state index in [9.17, 15) is 9.59 Å². The van der Waals surface area contributed by atoms with Gasteiger partial charge >= 0.3 is 12.0 Å². The van der Waals surface area contributed by atoms with Crippen molar-refractivity contribution in [2.45, 2.75) is 52.5 Å². The second-order valence-electron chi connectivity index (χ2n) is 5.71. The van der Waals surface area contributed by atoms with E-state index in [4.69, 9.17) is 5.11 Å². The third-order valence-corrected chi connectivity index (χ3v) is 3.91. The predicted molar refractivity (Wildman–Crippen MR) is 74.0 cm³/mol. The molecular weight excluding hydrogens is 244 g/mol. The first-order valence-corrected chi connectivity index (χ1v) is 7.22. The van der Waals surface area contributed by atoms with Crippen LogP contribution in [0.1, 0.15) is 46.5 Å². The number of carboxylic acid groups (broad SMARTS) is 1. The average molecular weight is 270 g/mol. The summed E-state index contributed by atoms with van der Waals surface area (Å²) in [4.78, 5) is 24.7. The summed E-state index contributed by atoms with van der Waals surface area (Å²) in [6.45, 7) is 7.48. The second kappa shape index (κ2) is 7.36. The van der Waals surface area contributed by atoms with Crippen molar-refractivity contribution < 1.29 is 14.7 Å². The van der Waals surface area contributed by atoms with E-state index in [1.807, 2.05) is 11.8 Å². The maximum absolute atomic E-state index is 12.1. The van der Waals surface area contributed by atoms with Crippen LogP contribution >= 0.6 is 0 Å². The maximum Gasteiger partial charge on any atom is 0.317 e. The Morgan fingerprint density at radius 1 is 1.42 bits per heavy atom. The van der Waals surface area contributed by atoms with Crippen molar-refractivity contribution in [3.05, 3.63) is 0 Å². The molecular formula is C14H26N2O3. The van der Waals surface area contributed by atoms with Gasteiger partial charge in [0.15, 0.2) is 0 Å². The molecule has 5 nitrogen and oxygen atoms in total. The standard InChI is InChI=1S/C14H26N2O3/c1-4-11(8-13(17)18)9-15-14(19)16-7-5-6-12(16)10(2)3/h10-12H,4-9H2,1-3H3,(H,15,19)(H,17,18). The van der Waals surface area contributed by atoms with Crippen molar-refractivity contribution >= 4 is 12.0 Å². The first-order valence-electron chi connectivity index (χ1n) is 7.22. The van der Waals surface area contributed by atoms with E-state index in [2.05, 4.69) is 19.2 Å². The van der Waals surface area contributed by atoms with Crippen LogP contribution in [0, 0.1) is 11.8 Å². The molecule has 0 aromatic rings. The topological polar surface area (TPSA) is 69.6 Å². The van der Waals surface area contributed by atoms with Gasteiger partial charge in [0.05, 0.1) is 0 Å². The smallest absolute Gasteiger partial charge is 0.317 e. The van der Waals surface area contributed by atoms with E-state index >= 15 is 0 Å². The van der Waals surface area contributed by atoms with E-state index in [1.54, 1.807) is 0 Å². The Morgan fingerprint density at radius 2 is 2.11 bits per heavy atom. The summed E-state index contributed by atoms with van der Waals surface area (Å²) in [6, 6.07) is 0.277. The van der Waals surface area contributed by atoms with Crippen molar-refractivity contribution in [2.75, 3.05) is 13.1 Å². The SMILES string of the molecule is CCC(CNC(=O)N1CCCC1C(C)C)CC(=O)O. The molecule has 0 bridgehead atoms. The van der Waals surface area contributed by atoms with Gasteiger partial charge in [-0.25, -0.2) is 4.79 Å². The molecule has 1 aliphatic rings. The molecule has 1 aliphatic heterocycles. The predicted octanol–water partition coefficient (Wildman–Crippen LogP) is 2.32. The molecule has 0 aromatic heterocycles. The zero-order valence-electron chi connectivity index (χ0n) is 12.2. The zero-order chi connectivity index (χ0) is 14.4. The molecule has 19 heavy (non-hydrogen) atoms. The largest absolute Gasteiger partial charge is 0.481 e. The summed E-state index contributed by atoms with van der Waals surface area (Å²) >= 11 is 0. The third kappa shape index (κ3) is 4.73. The lowest BCUT2D eigenvalue weighted by atomic mass is 10.0. The molecule has 110 valence electrons. The molecule has 2 unspecified atom stereocenters. The van der Waals surface area contributed by atoms with E-state index in [0.717, 1.165) is 25.8 Å². The van der Waals surface area contributed by atoms with Gasteiger partial charge in [-0.15, -0.1) is 0 Å². The normalized spacial score (nSPS) is 20.6. The van der Waals surface area contributed by atoms with Gasteiger partial charge in [-0.05, 0) is 24.7 Å². The van der Waals surface area contributed by atoms with Gasteiger partial charge in [0.25, 0.3) is 0 Å². The van der Waals surface area contributed by atoms with Crippen molar-refractivity contribution in [3.8, 4) is 0 Å². The summed E-state index contributed by atoms with van der Waals surface area (Å²) in [6.07, 6.45) is 3.00. The highest BCUT2D eigenvalue weighted by Crippen LogP contribution is 2.23. The number of likely N-dealkylation sites (tertiary alicyclic amines) is 1. The van der Waals surface area contributed by atoms with Crippen LogP contribution in [0.3, 0.4) is 0 Å². The van der Waals surface area contributed by atoms with E-state index < -0.39 is 5.97 Å². The van der Waals surface area contributed by atoms with Crippen LogP contribution in [0.15, 0.2) is 0 Å². The highest BCUT2D eigenvalue weighted by Gasteiger charge is 2.30. The quantitative estimate of drug-likeness (QED) is 0.778. The van der Waals surface area contributed by atoms with Gasteiger partial charge in [-0.3, -0.25) is 4.79 Å². The van der Waals surface area contributed by atoms with E-state index in [-0.39, 0.29) is 18.4 Å². The molecule has 1 fully saturated rings. The minimum atomic E-state index is -0.803. The molecule has 1 heterocycles. The first-order chi connectivity index (χ1) is 8.95. The van der Waals surface area contributed by atoms with Gasteiger partial charge in [0.1, 0.15) is 0 Å². The van der Waals surface area contributed by atoms with Crippen molar-refractivity contribution in [2.24, 2.45) is 11.8 Å². The Kier molecular flexibility index (Phi) is 6.12. The molecule has 2 atom stereocenters. The third-order valence-electron chi connectivity index (χ3n) is 3.91. The number of nitrogens with zero attached hydrogens (tertiary/aromatic N) is 1. The number of carbonyl (C=O) groups excluding carboxylic acids is 1. The van der Waals surface area contributed by atoms with E-state index in [1.165, 1.54) is 0 Å². The minimum absolute atomic E-state index is 0.0153. The fourth-order valence-electron chi connectivity index (χ4n) is 2.68. The second-order valence-corrected chi connectivity index (χ2v) is 5.71. The van der Waals surface area contributed by atoms with Crippen LogP contribution in [0.5, 0.6) is 0 Å². The fourth-order valence-corrected chi connectivity index (χ4v) is 2.68. The highest BCUT2D eigenvalue weighted by atomic mass is 16.4. The van der Waals surface area contributed by atoms with Gasteiger partial charge in [0, 0.05) is 25.6 Å². The lowest BCUT2D eigenvalue weighted by Crippen LogP contribution is -2.46. The molecule has 2 amide bonds. The summed E-state index contributed by atoms with van der Waals surface area (Å²) in [5.74, 6) is -0.321. The monoisotopic (exact) mass is 270 g/mol. The number of carboxylic acids is 1. The minimum Gasteiger partial charge on any atom is -0.481 e. The number of hydrogen-bond donors (Lipinski definition) is 2. The summed E-state index contributed by atoms with van der Waals surface area (Å²) in [5.41, 5.74) is 0. The molecule has 2 N–H and O–H groups in total. The number of aliphatic carboxylic acids is 1. The number of urea groups is 1. The highest BCUT2D eigenvalue weighted by molar-refractivity contribution is 5.75. The van der Waals surface area contributed by atoms with Crippen LogP contribution in [-0.4, -0.2) is 41.1 Å². The number of amides is 2. The fraction of sp³-hybridized carbons (Fsp3) is 0.857. The van der Waals surface area contributed by atoms with Crippen LogP contribution in [-0.2, 0) is 4.79 Å². The van der Waals surface area contributed by atoms with Crippen LogP contribution in [0.25, 0.3) is 0 Å². The Bertz CT molecular complexity index is 318. The summed E-state index contributed by atoms with van der Waals surface area (Å²) < 4.78 is 0. The molecule has 0 radical (unpaired) electrons. The van der Waals surface area contributed by atoms with Crippen LogP contribution in [0.2, 0.25) is 0 Å². The number of carbonyl (C=O) groups is 2. The Labute approximate surface area is 115 Å². The summed E-state index contributed by atoms with van der Waals surface area (Å²) in [5, 5.41) is 11.7. The molecule has 0 spiro atoms. The van der Waals surface area contributed by atoms with Crippen molar-refractivity contribution in [1.82, 2.24) is 10.2 Å². The van der Waals surface area contributed by atoms with Crippen molar-refractivity contribution in [1.29, 1.82) is 0 Å². The van der Waals surface area contributed by atoms with Gasteiger partial charge < -0.3 is 15.3 Å². The lowest BCUT2D eigenvalue weighted by molar-refractivity contribution is -0.138. The van der Waals surface area contributed by atoms with Gasteiger partial charge in [-0.2, -0.15) is 0 Å². The van der Waals surface area contributed by atoms with Gasteiger partial charge in [-0.1, -0.05) is 27.2 Å². The number of nitrogens with one attached hydrogen (secondary N) is 1. The molecule has 1 saturated heterocycles. The molecule has 1 rings (SSSR count). The van der Waals surface area contributed by atoms with Crippen LogP contribution in [0.4, 0.5) is 4.79 Å². The Hall–Kier alpha value is -1.26. The molecule has 5 heteroatoms. The van der Waals surface area contributed by atoms with Crippen molar-refractivity contribution in [3.63, 3.8) is 0 Å². The van der Waals surface area contributed by atoms with E-state index in [0.29, 0.717) is 18.5 Å². The zero-order valence-corrected chi connectivity index (χ0v) is 12.2. The maximum atomic E-state index is 12.1. The molecule has 0 aliphatic carbocycles. The molecule has 0 saturated carbocycles.